The number of carbonyl (C=O) groups is 2. The third kappa shape index (κ3) is 4.71. The molecule has 1 aliphatic rings. The maximum Gasteiger partial charge on any atom is 0.326 e. The highest BCUT2D eigenvalue weighted by molar-refractivity contribution is 9.10. The number of carboxylic acid groups (broad SMARTS) is 1. The largest absolute Gasteiger partial charge is 0.480 e. The summed E-state index contributed by atoms with van der Waals surface area (Å²) in [5.74, 6) is 0.362. The maximum absolute atomic E-state index is 12.8. The Balaban J connectivity index is 1.82. The maximum atomic E-state index is 12.8. The lowest BCUT2D eigenvalue weighted by Gasteiger charge is -2.22. The Morgan fingerprint density at radius 3 is 2.71 bits per heavy atom. The average molecular weight is 498 g/mol. The minimum atomic E-state index is -1.05. The third-order valence-electron chi connectivity index (χ3n) is 4.04. The molecule has 0 saturated carbocycles. The van der Waals surface area contributed by atoms with E-state index in [0.29, 0.717) is 28.6 Å². The van der Waals surface area contributed by atoms with Crippen molar-refractivity contribution in [3.63, 3.8) is 0 Å². The van der Waals surface area contributed by atoms with Crippen LogP contribution in [-0.2, 0) is 9.59 Å². The summed E-state index contributed by atoms with van der Waals surface area (Å²) in [5, 5.41) is 9.51. The Morgan fingerprint density at radius 1 is 1.36 bits per heavy atom. The molecule has 2 heterocycles. The molecule has 1 saturated heterocycles. The number of carboxylic acids is 1. The van der Waals surface area contributed by atoms with E-state index >= 15 is 0 Å². The zero-order valence-electron chi connectivity index (χ0n) is 14.8. The first-order chi connectivity index (χ1) is 13.4. The highest BCUT2D eigenvalue weighted by Crippen LogP contribution is 2.35. The second kappa shape index (κ2) is 9.30. The highest BCUT2D eigenvalue weighted by Gasteiger charge is 2.40. The van der Waals surface area contributed by atoms with Crippen LogP contribution in [0.1, 0.15) is 12.2 Å². The number of rotatable bonds is 7. The van der Waals surface area contributed by atoms with Gasteiger partial charge in [-0.05, 0) is 42.7 Å². The Hall–Kier alpha value is -1.55. The van der Waals surface area contributed by atoms with Crippen molar-refractivity contribution >= 4 is 73.9 Å². The molecule has 1 aliphatic heterocycles. The summed E-state index contributed by atoms with van der Waals surface area (Å²) < 4.78 is 7.05. The fraction of sp³-hybridized carbons (Fsp3) is 0.211. The van der Waals surface area contributed by atoms with Gasteiger partial charge in [0.15, 0.2) is 0 Å². The Kier molecular flexibility index (Phi) is 7.03. The molecule has 1 fully saturated rings. The van der Waals surface area contributed by atoms with E-state index in [1.165, 1.54) is 16.7 Å². The van der Waals surface area contributed by atoms with Crippen molar-refractivity contribution in [3.8, 4) is 11.3 Å². The Labute approximate surface area is 184 Å². The van der Waals surface area contributed by atoms with E-state index in [1.807, 2.05) is 36.6 Å². The minimum absolute atomic E-state index is 0.254. The predicted molar refractivity (Wildman–Crippen MR) is 121 cm³/mol. The van der Waals surface area contributed by atoms with Gasteiger partial charge in [-0.3, -0.25) is 9.69 Å². The van der Waals surface area contributed by atoms with E-state index in [4.69, 9.17) is 16.6 Å². The van der Waals surface area contributed by atoms with Crippen molar-refractivity contribution in [1.82, 2.24) is 4.90 Å². The van der Waals surface area contributed by atoms with Gasteiger partial charge in [-0.25, -0.2) is 4.79 Å². The summed E-state index contributed by atoms with van der Waals surface area (Å²) >= 11 is 11.3. The third-order valence-corrected chi connectivity index (χ3v) is 6.55. The molecule has 146 valence electrons. The summed E-state index contributed by atoms with van der Waals surface area (Å²) in [4.78, 5) is 26.0. The molecule has 0 aliphatic carbocycles. The molecule has 1 aromatic heterocycles. The first-order valence-electron chi connectivity index (χ1n) is 8.25. The second-order valence-electron chi connectivity index (χ2n) is 5.90. The topological polar surface area (TPSA) is 70.8 Å². The fourth-order valence-electron chi connectivity index (χ4n) is 2.67. The first kappa shape index (κ1) is 21.2. The molecule has 1 atom stereocenters. The summed E-state index contributed by atoms with van der Waals surface area (Å²) in [5.41, 5.74) is 0.915. The SMILES string of the molecule is CSCCC(C(=O)O)N1C(=O)/C(=C\c2ccc(-c3ccc(Br)cc3)o2)SC1=S. The highest BCUT2D eigenvalue weighted by atomic mass is 79.9. The summed E-state index contributed by atoms with van der Waals surface area (Å²) in [6, 6.07) is 10.3. The van der Waals surface area contributed by atoms with Crippen molar-refractivity contribution < 1.29 is 19.1 Å². The number of thioether (sulfide) groups is 2. The molecule has 0 bridgehead atoms. The molecule has 0 radical (unpaired) electrons. The van der Waals surface area contributed by atoms with Crippen LogP contribution in [0.2, 0.25) is 0 Å². The molecule has 1 amide bonds. The first-order valence-corrected chi connectivity index (χ1v) is 11.7. The molecule has 1 N–H and O–H groups in total. The Morgan fingerprint density at radius 2 is 2.07 bits per heavy atom. The van der Waals surface area contributed by atoms with Crippen molar-refractivity contribution in [3.05, 3.63) is 51.5 Å². The molecule has 9 heteroatoms. The number of hydrogen-bond donors (Lipinski definition) is 1. The summed E-state index contributed by atoms with van der Waals surface area (Å²) in [6.45, 7) is 0. The number of aliphatic carboxylic acids is 1. The van der Waals surface area contributed by atoms with Crippen LogP contribution in [0.15, 0.2) is 50.2 Å². The van der Waals surface area contributed by atoms with E-state index in [2.05, 4.69) is 15.9 Å². The molecule has 28 heavy (non-hydrogen) atoms. The normalized spacial score (nSPS) is 16.8. The number of nitrogens with zero attached hydrogens (tertiary/aromatic N) is 1. The van der Waals surface area contributed by atoms with Crippen LogP contribution < -0.4 is 0 Å². The van der Waals surface area contributed by atoms with Crippen LogP contribution in [-0.4, -0.2) is 44.3 Å². The number of halogens is 1. The van der Waals surface area contributed by atoms with Crippen LogP contribution in [0.5, 0.6) is 0 Å². The molecule has 0 spiro atoms. The Bertz CT molecular complexity index is 939. The van der Waals surface area contributed by atoms with Gasteiger partial charge in [0.1, 0.15) is 21.9 Å². The predicted octanol–water partition coefficient (Wildman–Crippen LogP) is 5.12. The molecular formula is C19H16BrNO4S3. The lowest BCUT2D eigenvalue weighted by atomic mass is 10.2. The second-order valence-corrected chi connectivity index (χ2v) is 9.47. The lowest BCUT2D eigenvalue weighted by Crippen LogP contribution is -2.44. The number of furan rings is 1. The van der Waals surface area contributed by atoms with Crippen LogP contribution in [0.3, 0.4) is 0 Å². The van der Waals surface area contributed by atoms with Crippen LogP contribution in [0.25, 0.3) is 17.4 Å². The van der Waals surface area contributed by atoms with Crippen LogP contribution >= 0.6 is 51.7 Å². The number of carbonyl (C=O) groups excluding carboxylic acids is 1. The van der Waals surface area contributed by atoms with Gasteiger partial charge < -0.3 is 9.52 Å². The molecule has 3 rings (SSSR count). The van der Waals surface area contributed by atoms with Gasteiger partial charge in [-0.15, -0.1) is 0 Å². The van der Waals surface area contributed by atoms with Crippen LogP contribution in [0, 0.1) is 0 Å². The fourth-order valence-corrected chi connectivity index (χ4v) is 4.73. The number of thiocarbonyl (C=S) groups is 1. The summed E-state index contributed by atoms with van der Waals surface area (Å²) in [6.07, 6.45) is 3.84. The van der Waals surface area contributed by atoms with Gasteiger partial charge in [-0.2, -0.15) is 11.8 Å². The van der Waals surface area contributed by atoms with Gasteiger partial charge >= 0.3 is 5.97 Å². The van der Waals surface area contributed by atoms with E-state index in [0.717, 1.165) is 21.8 Å². The van der Waals surface area contributed by atoms with Gasteiger partial charge in [0.2, 0.25) is 0 Å². The van der Waals surface area contributed by atoms with E-state index < -0.39 is 17.9 Å². The minimum Gasteiger partial charge on any atom is -0.480 e. The number of amides is 1. The molecule has 5 nitrogen and oxygen atoms in total. The zero-order valence-corrected chi connectivity index (χ0v) is 18.8. The van der Waals surface area contributed by atoms with Crippen molar-refractivity contribution in [2.24, 2.45) is 0 Å². The molecule has 2 aromatic rings. The summed E-state index contributed by atoms with van der Waals surface area (Å²) in [7, 11) is 0. The quantitative estimate of drug-likeness (QED) is 0.420. The van der Waals surface area contributed by atoms with Crippen LogP contribution in [0.4, 0.5) is 0 Å². The lowest BCUT2D eigenvalue weighted by molar-refractivity contribution is -0.145. The zero-order chi connectivity index (χ0) is 20.3. The van der Waals surface area contributed by atoms with Gasteiger partial charge in [-0.1, -0.05) is 52.0 Å². The van der Waals surface area contributed by atoms with Crippen molar-refractivity contribution in [2.45, 2.75) is 12.5 Å². The average Bonchev–Trinajstić information content (AvgIpc) is 3.22. The van der Waals surface area contributed by atoms with E-state index in [1.54, 1.807) is 12.1 Å². The molecule has 1 unspecified atom stereocenters. The van der Waals surface area contributed by atoms with Gasteiger partial charge in [0, 0.05) is 16.1 Å². The number of hydrogen-bond acceptors (Lipinski definition) is 6. The molecule has 1 aromatic carbocycles. The van der Waals surface area contributed by atoms with E-state index in [-0.39, 0.29) is 4.32 Å². The monoisotopic (exact) mass is 497 g/mol. The van der Waals surface area contributed by atoms with Crippen molar-refractivity contribution in [2.75, 3.05) is 12.0 Å². The molecular weight excluding hydrogens is 482 g/mol. The smallest absolute Gasteiger partial charge is 0.326 e. The van der Waals surface area contributed by atoms with Crippen molar-refractivity contribution in [1.29, 1.82) is 0 Å². The number of benzene rings is 1. The van der Waals surface area contributed by atoms with E-state index in [9.17, 15) is 14.7 Å². The van der Waals surface area contributed by atoms with Gasteiger partial charge in [0.05, 0.1) is 4.91 Å². The standard InChI is InChI=1S/C19H16BrNO4S3/c1-27-9-8-14(18(23)24)21-17(22)16(28-19(21)26)10-13-6-7-15(25-13)11-2-4-12(20)5-3-11/h2-7,10,14H,8-9H2,1H3,(H,23,24)/b16-10+. The van der Waals surface area contributed by atoms with Gasteiger partial charge in [0.25, 0.3) is 5.91 Å².